The number of nitro groups is 1. The molecule has 0 radical (unpaired) electrons. The average molecular weight is 338 g/mol. The maximum absolute atomic E-state index is 11.8. The number of non-ortho nitro benzene ring substituents is 1. The molecule has 0 bridgehead atoms. The smallest absolute Gasteiger partial charge is 0.267 e. The fourth-order valence-electron chi connectivity index (χ4n) is 1.57. The third-order valence-electron chi connectivity index (χ3n) is 2.67. The Labute approximate surface area is 135 Å². The highest BCUT2D eigenvalue weighted by molar-refractivity contribution is 6.36. The molecule has 2 rings (SSSR count). The zero-order valence-corrected chi connectivity index (χ0v) is 12.5. The van der Waals surface area contributed by atoms with Gasteiger partial charge in [-0.15, -0.1) is 0 Å². The third kappa shape index (κ3) is 4.03. The molecule has 0 saturated carbocycles. The van der Waals surface area contributed by atoms with E-state index in [9.17, 15) is 14.9 Å². The highest BCUT2D eigenvalue weighted by atomic mass is 35.5. The Morgan fingerprint density at radius 1 is 1.18 bits per heavy atom. The van der Waals surface area contributed by atoms with Crippen molar-refractivity contribution in [1.82, 2.24) is 5.43 Å². The predicted molar refractivity (Wildman–Crippen MR) is 84.6 cm³/mol. The second-order valence-electron chi connectivity index (χ2n) is 4.17. The van der Waals surface area contributed by atoms with Crippen molar-refractivity contribution < 1.29 is 9.72 Å². The Bertz CT molecular complexity index is 745. The number of rotatable bonds is 4. The Morgan fingerprint density at radius 3 is 2.45 bits per heavy atom. The van der Waals surface area contributed by atoms with Crippen LogP contribution in [0.25, 0.3) is 0 Å². The first-order valence-corrected chi connectivity index (χ1v) is 6.76. The van der Waals surface area contributed by atoms with E-state index < -0.39 is 10.8 Å². The topological polar surface area (TPSA) is 84.6 Å². The molecule has 0 spiro atoms. The number of hydrazone groups is 1. The van der Waals surface area contributed by atoms with Crippen LogP contribution in [0.4, 0.5) is 5.69 Å². The lowest BCUT2D eigenvalue weighted by Gasteiger charge is -2.00. The van der Waals surface area contributed by atoms with Crippen molar-refractivity contribution in [3.63, 3.8) is 0 Å². The minimum atomic E-state index is -0.539. The van der Waals surface area contributed by atoms with Gasteiger partial charge in [-0.1, -0.05) is 29.3 Å². The number of hydrogen-bond acceptors (Lipinski definition) is 4. The second kappa shape index (κ2) is 7.02. The molecular weight excluding hydrogens is 329 g/mol. The zero-order chi connectivity index (χ0) is 16.1. The predicted octanol–water partition coefficient (Wildman–Crippen LogP) is 3.67. The summed E-state index contributed by atoms with van der Waals surface area (Å²) in [6.07, 6.45) is 1.38. The standard InChI is InChI=1S/C14H9Cl2N3O3/c15-11-4-1-10(13(16)7-11)8-17-18-14(20)9-2-5-12(6-3-9)19(21)22/h1-8H,(H,18,20)/b17-8-. The van der Waals surface area contributed by atoms with Gasteiger partial charge in [-0.05, 0) is 24.3 Å². The first kappa shape index (κ1) is 15.9. The molecule has 6 nitrogen and oxygen atoms in total. The van der Waals surface area contributed by atoms with Gasteiger partial charge in [-0.25, -0.2) is 5.43 Å². The molecule has 0 saturated heterocycles. The Morgan fingerprint density at radius 2 is 1.86 bits per heavy atom. The maximum atomic E-state index is 11.8. The summed E-state index contributed by atoms with van der Waals surface area (Å²) in [6.45, 7) is 0. The first-order chi connectivity index (χ1) is 10.5. The van der Waals surface area contributed by atoms with Gasteiger partial charge in [0.05, 0.1) is 16.2 Å². The van der Waals surface area contributed by atoms with Crippen LogP contribution in [0.1, 0.15) is 15.9 Å². The van der Waals surface area contributed by atoms with Crippen molar-refractivity contribution in [1.29, 1.82) is 0 Å². The normalized spacial score (nSPS) is 10.6. The number of benzene rings is 2. The summed E-state index contributed by atoms with van der Waals surface area (Å²) in [5.74, 6) is -0.490. The monoisotopic (exact) mass is 337 g/mol. The van der Waals surface area contributed by atoms with E-state index in [0.717, 1.165) is 0 Å². The van der Waals surface area contributed by atoms with Crippen LogP contribution in [0.5, 0.6) is 0 Å². The van der Waals surface area contributed by atoms with Crippen molar-refractivity contribution in [2.75, 3.05) is 0 Å². The van der Waals surface area contributed by atoms with Gasteiger partial charge in [0, 0.05) is 28.3 Å². The van der Waals surface area contributed by atoms with Crippen LogP contribution in [0.3, 0.4) is 0 Å². The Balaban J connectivity index is 2.02. The number of hydrogen-bond donors (Lipinski definition) is 1. The largest absolute Gasteiger partial charge is 0.271 e. The lowest BCUT2D eigenvalue weighted by atomic mass is 10.2. The van der Waals surface area contributed by atoms with Gasteiger partial charge < -0.3 is 0 Å². The quantitative estimate of drug-likeness (QED) is 0.524. The number of nitro benzene ring substituents is 1. The lowest BCUT2D eigenvalue weighted by molar-refractivity contribution is -0.384. The minimum absolute atomic E-state index is 0.0898. The molecule has 2 aromatic rings. The summed E-state index contributed by atoms with van der Waals surface area (Å²) in [6, 6.07) is 10.0. The Hall–Kier alpha value is -2.44. The molecule has 0 atom stereocenters. The lowest BCUT2D eigenvalue weighted by Crippen LogP contribution is -2.17. The van der Waals surface area contributed by atoms with Gasteiger partial charge in [0.2, 0.25) is 0 Å². The third-order valence-corrected chi connectivity index (χ3v) is 3.23. The van der Waals surface area contributed by atoms with Gasteiger partial charge in [-0.2, -0.15) is 5.10 Å². The zero-order valence-electron chi connectivity index (χ0n) is 11.0. The fourth-order valence-corrected chi connectivity index (χ4v) is 2.02. The van der Waals surface area contributed by atoms with Gasteiger partial charge in [-0.3, -0.25) is 14.9 Å². The van der Waals surface area contributed by atoms with Crippen LogP contribution < -0.4 is 5.43 Å². The number of halogens is 2. The molecule has 0 aliphatic rings. The van der Waals surface area contributed by atoms with Crippen LogP contribution in [-0.2, 0) is 0 Å². The van der Waals surface area contributed by atoms with Gasteiger partial charge in [0.25, 0.3) is 11.6 Å². The molecule has 0 fully saturated rings. The first-order valence-electron chi connectivity index (χ1n) is 6.00. The number of carbonyl (C=O) groups excluding carboxylic acids is 1. The molecule has 0 aromatic heterocycles. The van der Waals surface area contributed by atoms with Crippen LogP contribution in [0.2, 0.25) is 10.0 Å². The highest BCUT2D eigenvalue weighted by Crippen LogP contribution is 2.19. The molecule has 8 heteroatoms. The van der Waals surface area contributed by atoms with E-state index in [-0.39, 0.29) is 11.3 Å². The molecule has 0 aliphatic heterocycles. The molecule has 0 heterocycles. The van der Waals surface area contributed by atoms with E-state index in [2.05, 4.69) is 10.5 Å². The van der Waals surface area contributed by atoms with Crippen molar-refractivity contribution >= 4 is 41.0 Å². The van der Waals surface area contributed by atoms with Crippen molar-refractivity contribution in [2.45, 2.75) is 0 Å². The van der Waals surface area contributed by atoms with E-state index in [1.54, 1.807) is 18.2 Å². The number of nitrogens with one attached hydrogen (secondary N) is 1. The summed E-state index contributed by atoms with van der Waals surface area (Å²) in [5, 5.41) is 15.2. The van der Waals surface area contributed by atoms with Gasteiger partial charge in [0.1, 0.15) is 0 Å². The van der Waals surface area contributed by atoms with E-state index in [0.29, 0.717) is 15.6 Å². The molecular formula is C14H9Cl2N3O3. The van der Waals surface area contributed by atoms with E-state index in [1.165, 1.54) is 30.5 Å². The molecule has 2 aromatic carbocycles. The summed E-state index contributed by atoms with van der Waals surface area (Å²) >= 11 is 11.7. The molecule has 0 unspecified atom stereocenters. The van der Waals surface area contributed by atoms with Crippen LogP contribution in [-0.4, -0.2) is 17.0 Å². The molecule has 112 valence electrons. The van der Waals surface area contributed by atoms with E-state index >= 15 is 0 Å². The number of nitrogens with zero attached hydrogens (tertiary/aromatic N) is 2. The average Bonchev–Trinajstić information content (AvgIpc) is 2.49. The summed E-state index contributed by atoms with van der Waals surface area (Å²) in [7, 11) is 0. The van der Waals surface area contributed by atoms with Crippen LogP contribution >= 0.6 is 23.2 Å². The SMILES string of the molecule is O=C(N/N=C\c1ccc(Cl)cc1Cl)c1ccc([N+](=O)[O-])cc1. The minimum Gasteiger partial charge on any atom is -0.267 e. The van der Waals surface area contributed by atoms with Crippen molar-refractivity contribution in [3.8, 4) is 0 Å². The van der Waals surface area contributed by atoms with Crippen LogP contribution in [0, 0.1) is 10.1 Å². The molecule has 1 amide bonds. The molecule has 0 aliphatic carbocycles. The van der Waals surface area contributed by atoms with Gasteiger partial charge >= 0.3 is 0 Å². The summed E-state index contributed by atoms with van der Waals surface area (Å²) in [4.78, 5) is 21.8. The van der Waals surface area contributed by atoms with Crippen molar-refractivity contribution in [3.05, 3.63) is 73.8 Å². The fraction of sp³-hybridized carbons (Fsp3) is 0. The van der Waals surface area contributed by atoms with E-state index in [1.807, 2.05) is 0 Å². The van der Waals surface area contributed by atoms with E-state index in [4.69, 9.17) is 23.2 Å². The number of amides is 1. The highest BCUT2D eigenvalue weighted by Gasteiger charge is 2.08. The molecule has 1 N–H and O–H groups in total. The van der Waals surface area contributed by atoms with Crippen molar-refractivity contribution in [2.24, 2.45) is 5.10 Å². The molecule has 22 heavy (non-hydrogen) atoms. The number of carbonyl (C=O) groups is 1. The van der Waals surface area contributed by atoms with Gasteiger partial charge in [0.15, 0.2) is 0 Å². The summed E-state index contributed by atoms with van der Waals surface area (Å²) < 4.78 is 0. The maximum Gasteiger partial charge on any atom is 0.271 e. The van der Waals surface area contributed by atoms with Crippen LogP contribution in [0.15, 0.2) is 47.6 Å². The summed E-state index contributed by atoms with van der Waals surface area (Å²) in [5.41, 5.74) is 3.06. The second-order valence-corrected chi connectivity index (χ2v) is 5.01. The Kier molecular flexibility index (Phi) is 5.08.